The maximum Gasteiger partial charge on any atom is 0.322 e. The molecule has 10 heteroatoms. The predicted molar refractivity (Wildman–Crippen MR) is 77.7 cm³/mol. The molecular weight excluding hydrogens is 308 g/mol. The lowest BCUT2D eigenvalue weighted by atomic mass is 10.3. The number of hydrogen-bond acceptors (Lipinski definition) is 5. The van der Waals surface area contributed by atoms with E-state index in [4.69, 9.17) is 11.5 Å². The van der Waals surface area contributed by atoms with Crippen molar-refractivity contribution in [3.05, 3.63) is 0 Å². The fourth-order valence-electron chi connectivity index (χ4n) is 1.17. The van der Waals surface area contributed by atoms with Gasteiger partial charge in [-0.1, -0.05) is 0 Å². The Morgan fingerprint density at radius 2 is 1.13 bits per heavy atom. The lowest BCUT2D eigenvalue weighted by molar-refractivity contribution is -0.137. The smallest absolute Gasteiger partial charge is 0.322 e. The van der Waals surface area contributed by atoms with Gasteiger partial charge in [-0.3, -0.25) is 24.0 Å². The predicted octanol–water partition coefficient (Wildman–Crippen LogP) is -3.05. The molecule has 0 saturated heterocycles. The van der Waals surface area contributed by atoms with Crippen LogP contribution in [0.1, 0.15) is 12.8 Å². The minimum atomic E-state index is -1.21. The van der Waals surface area contributed by atoms with Gasteiger partial charge in [0.15, 0.2) is 0 Å². The topological polar surface area (TPSA) is 154 Å². The van der Waals surface area contributed by atoms with Gasteiger partial charge in [0.2, 0.25) is 23.6 Å². The summed E-state index contributed by atoms with van der Waals surface area (Å²) in [6.07, 6.45) is 5.36. The van der Waals surface area contributed by atoms with Gasteiger partial charge < -0.3 is 26.4 Å². The van der Waals surface area contributed by atoms with Gasteiger partial charge in [-0.25, -0.2) is 0 Å². The molecule has 0 heterocycles. The SMILES string of the molecule is C#CCCC(=O)NCC(=O)NCC(=O)NCC(=O)NCC(=O)O. The van der Waals surface area contributed by atoms with Crippen LogP contribution in [0, 0.1) is 12.3 Å². The molecule has 0 atom stereocenters. The van der Waals surface area contributed by atoms with E-state index >= 15 is 0 Å². The zero-order chi connectivity index (χ0) is 17.7. The zero-order valence-electron chi connectivity index (χ0n) is 12.3. The summed E-state index contributed by atoms with van der Waals surface area (Å²) < 4.78 is 0. The first-order valence-electron chi connectivity index (χ1n) is 6.57. The summed E-state index contributed by atoms with van der Waals surface area (Å²) in [5.74, 6) is -1.19. The highest BCUT2D eigenvalue weighted by molar-refractivity contribution is 5.90. The third-order valence-corrected chi connectivity index (χ3v) is 2.27. The van der Waals surface area contributed by atoms with Crippen molar-refractivity contribution in [2.45, 2.75) is 12.8 Å². The Kier molecular flexibility index (Phi) is 10.0. The van der Waals surface area contributed by atoms with Crippen LogP contribution in [0.15, 0.2) is 0 Å². The van der Waals surface area contributed by atoms with Gasteiger partial charge in [-0.15, -0.1) is 12.3 Å². The molecule has 0 aromatic rings. The van der Waals surface area contributed by atoms with Gasteiger partial charge >= 0.3 is 5.97 Å². The first-order valence-corrected chi connectivity index (χ1v) is 6.57. The molecule has 23 heavy (non-hydrogen) atoms. The quantitative estimate of drug-likeness (QED) is 0.269. The van der Waals surface area contributed by atoms with Gasteiger partial charge in [0.05, 0.1) is 19.6 Å². The molecule has 0 aliphatic rings. The van der Waals surface area contributed by atoms with Crippen LogP contribution < -0.4 is 21.3 Å². The monoisotopic (exact) mass is 326 g/mol. The van der Waals surface area contributed by atoms with E-state index in [1.807, 2.05) is 5.32 Å². The third kappa shape index (κ3) is 12.4. The van der Waals surface area contributed by atoms with E-state index in [9.17, 15) is 24.0 Å². The van der Waals surface area contributed by atoms with Crippen molar-refractivity contribution in [1.29, 1.82) is 0 Å². The van der Waals surface area contributed by atoms with Crippen molar-refractivity contribution in [2.75, 3.05) is 26.2 Å². The van der Waals surface area contributed by atoms with Gasteiger partial charge in [0.25, 0.3) is 0 Å². The number of carbonyl (C=O) groups is 5. The number of carboxylic acid groups (broad SMARTS) is 1. The average molecular weight is 326 g/mol. The van der Waals surface area contributed by atoms with Crippen LogP contribution in [-0.4, -0.2) is 60.9 Å². The van der Waals surface area contributed by atoms with Crippen molar-refractivity contribution < 1.29 is 29.1 Å². The number of rotatable bonds is 10. The van der Waals surface area contributed by atoms with Crippen LogP contribution in [0.4, 0.5) is 0 Å². The number of carbonyl (C=O) groups excluding carboxylic acids is 4. The summed E-state index contributed by atoms with van der Waals surface area (Å²) in [7, 11) is 0. The van der Waals surface area contributed by atoms with E-state index in [2.05, 4.69) is 21.9 Å². The molecule has 0 aliphatic carbocycles. The second-order valence-corrected chi connectivity index (χ2v) is 4.20. The molecule has 0 fully saturated rings. The Morgan fingerprint density at radius 1 is 0.739 bits per heavy atom. The number of amides is 4. The molecule has 4 amide bonds. The Labute approximate surface area is 132 Å². The fourth-order valence-corrected chi connectivity index (χ4v) is 1.17. The number of aliphatic carboxylic acids is 1. The highest BCUT2D eigenvalue weighted by Crippen LogP contribution is 1.84. The van der Waals surface area contributed by atoms with Crippen molar-refractivity contribution in [3.8, 4) is 12.3 Å². The average Bonchev–Trinajstić information content (AvgIpc) is 2.52. The summed E-state index contributed by atoms with van der Waals surface area (Å²) in [5.41, 5.74) is 0. The second-order valence-electron chi connectivity index (χ2n) is 4.20. The van der Waals surface area contributed by atoms with Crippen LogP contribution in [0.2, 0.25) is 0 Å². The molecule has 10 nitrogen and oxygen atoms in total. The first-order chi connectivity index (χ1) is 10.8. The summed E-state index contributed by atoms with van der Waals surface area (Å²) in [6, 6.07) is 0. The Hall–Kier alpha value is -3.09. The van der Waals surface area contributed by atoms with Crippen molar-refractivity contribution in [3.63, 3.8) is 0 Å². The molecule has 0 aromatic heterocycles. The van der Waals surface area contributed by atoms with Gasteiger partial charge in [0, 0.05) is 12.8 Å². The molecule has 0 aromatic carbocycles. The van der Waals surface area contributed by atoms with Gasteiger partial charge in [-0.2, -0.15) is 0 Å². The number of nitrogens with one attached hydrogen (secondary N) is 4. The van der Waals surface area contributed by atoms with Gasteiger partial charge in [-0.05, 0) is 0 Å². The number of hydrogen-bond donors (Lipinski definition) is 5. The van der Waals surface area contributed by atoms with Crippen LogP contribution in [0.5, 0.6) is 0 Å². The molecule has 0 unspecified atom stereocenters. The zero-order valence-corrected chi connectivity index (χ0v) is 12.3. The van der Waals surface area contributed by atoms with Crippen LogP contribution in [0.3, 0.4) is 0 Å². The molecule has 0 bridgehead atoms. The normalized spacial score (nSPS) is 9.17. The van der Waals surface area contributed by atoms with Crippen LogP contribution in [-0.2, 0) is 24.0 Å². The lowest BCUT2D eigenvalue weighted by Gasteiger charge is -2.07. The largest absolute Gasteiger partial charge is 0.480 e. The van der Waals surface area contributed by atoms with E-state index < -0.39 is 36.8 Å². The summed E-state index contributed by atoms with van der Waals surface area (Å²) in [5, 5.41) is 17.1. The molecule has 126 valence electrons. The highest BCUT2D eigenvalue weighted by Gasteiger charge is 2.09. The summed E-state index contributed by atoms with van der Waals surface area (Å²) in [4.78, 5) is 55.2. The Bertz CT molecular complexity index is 511. The van der Waals surface area contributed by atoms with E-state index in [1.54, 1.807) is 0 Å². The van der Waals surface area contributed by atoms with E-state index in [-0.39, 0.29) is 31.8 Å². The van der Waals surface area contributed by atoms with E-state index in [0.29, 0.717) is 0 Å². The number of terminal acetylenes is 1. The molecule has 0 spiro atoms. The van der Waals surface area contributed by atoms with Crippen molar-refractivity contribution in [1.82, 2.24) is 21.3 Å². The standard InChI is InChI=1S/C13H18N4O6/c1-2-3-4-9(18)14-5-10(19)15-6-11(20)16-7-12(21)17-8-13(22)23/h1H,3-8H2,(H,14,18)(H,15,19)(H,16,20)(H,17,21)(H,22,23). The third-order valence-electron chi connectivity index (χ3n) is 2.27. The maximum atomic E-state index is 11.4. The van der Waals surface area contributed by atoms with Gasteiger partial charge in [0.1, 0.15) is 6.54 Å². The van der Waals surface area contributed by atoms with Crippen molar-refractivity contribution in [2.24, 2.45) is 0 Å². The summed E-state index contributed by atoms with van der Waals surface area (Å²) in [6.45, 7) is -1.64. The van der Waals surface area contributed by atoms with E-state index in [0.717, 1.165) is 0 Å². The minimum absolute atomic E-state index is 0.107. The molecule has 0 aliphatic heterocycles. The van der Waals surface area contributed by atoms with Crippen LogP contribution in [0.25, 0.3) is 0 Å². The second kappa shape index (κ2) is 11.6. The Balaban J connectivity index is 3.78. The fraction of sp³-hybridized carbons (Fsp3) is 0.462. The molecule has 0 saturated carbocycles. The Morgan fingerprint density at radius 3 is 1.52 bits per heavy atom. The molecular formula is C13H18N4O6. The van der Waals surface area contributed by atoms with Crippen molar-refractivity contribution >= 4 is 29.6 Å². The first kappa shape index (κ1) is 19.9. The molecule has 0 rings (SSSR count). The minimum Gasteiger partial charge on any atom is -0.480 e. The number of carboxylic acids is 1. The molecule has 0 radical (unpaired) electrons. The molecule has 5 N–H and O–H groups in total. The highest BCUT2D eigenvalue weighted by atomic mass is 16.4. The lowest BCUT2D eigenvalue weighted by Crippen LogP contribution is -2.44. The van der Waals surface area contributed by atoms with E-state index in [1.165, 1.54) is 0 Å². The maximum absolute atomic E-state index is 11.4. The summed E-state index contributed by atoms with van der Waals surface area (Å²) >= 11 is 0. The van der Waals surface area contributed by atoms with Crippen LogP contribution >= 0.6 is 0 Å².